The van der Waals surface area contributed by atoms with E-state index in [9.17, 15) is 9.59 Å². The molecule has 0 unspecified atom stereocenters. The molecule has 1 aliphatic rings. The molecular weight excluding hydrogens is 162 g/mol. The van der Waals surface area contributed by atoms with Gasteiger partial charge >= 0.3 is 12.1 Å². The minimum atomic E-state index is -0.952. The lowest BCUT2D eigenvalue weighted by atomic mass is 9.90. The zero-order valence-corrected chi connectivity index (χ0v) is 6.99. The van der Waals surface area contributed by atoms with Crippen molar-refractivity contribution in [3.05, 3.63) is 0 Å². The van der Waals surface area contributed by atoms with Crippen LogP contribution >= 0.6 is 0 Å². The summed E-state index contributed by atoms with van der Waals surface area (Å²) in [5.74, 6) is -0.529. The van der Waals surface area contributed by atoms with E-state index in [0.29, 0.717) is 0 Å². The molecule has 1 fully saturated rings. The number of rotatable bonds is 1. The zero-order chi connectivity index (χ0) is 9.35. The topological polar surface area (TPSA) is 78.6 Å². The van der Waals surface area contributed by atoms with Crippen LogP contribution < -0.4 is 5.73 Å². The Hall–Kier alpha value is -1.26. The van der Waals surface area contributed by atoms with Crippen LogP contribution in [0.1, 0.15) is 13.8 Å². The molecule has 0 aromatic rings. The number of cyclic esters (lactones) is 1. The summed E-state index contributed by atoms with van der Waals surface area (Å²) in [6.45, 7) is 3.79. The van der Waals surface area contributed by atoms with Gasteiger partial charge in [-0.25, -0.2) is 9.59 Å². The van der Waals surface area contributed by atoms with Gasteiger partial charge in [0.05, 0.1) is 0 Å². The molecule has 1 amide bonds. The maximum absolute atomic E-state index is 11.0. The summed E-state index contributed by atoms with van der Waals surface area (Å²) in [5, 5.41) is 0. The van der Waals surface area contributed by atoms with Crippen LogP contribution in [0.2, 0.25) is 0 Å². The van der Waals surface area contributed by atoms with Crippen LogP contribution in [0.3, 0.4) is 0 Å². The minimum Gasteiger partial charge on any atom is -0.462 e. The van der Waals surface area contributed by atoms with Gasteiger partial charge in [0.15, 0.2) is 0 Å². The van der Waals surface area contributed by atoms with Gasteiger partial charge in [-0.1, -0.05) is 13.8 Å². The predicted molar refractivity (Wildman–Crippen MR) is 39.2 cm³/mol. The van der Waals surface area contributed by atoms with E-state index in [2.05, 4.69) is 4.74 Å². The molecule has 12 heavy (non-hydrogen) atoms. The average molecular weight is 173 g/mol. The second-order valence-electron chi connectivity index (χ2n) is 3.41. The number of esters is 1. The van der Waals surface area contributed by atoms with Crippen LogP contribution in [-0.2, 0) is 14.3 Å². The van der Waals surface area contributed by atoms with Crippen LogP contribution in [0.4, 0.5) is 4.79 Å². The highest BCUT2D eigenvalue weighted by Gasteiger charge is 2.46. The first-order chi connectivity index (χ1) is 5.43. The third-order valence-corrected chi connectivity index (χ3v) is 1.74. The molecule has 1 atom stereocenters. The van der Waals surface area contributed by atoms with E-state index in [1.54, 1.807) is 13.8 Å². The first kappa shape index (κ1) is 8.83. The van der Waals surface area contributed by atoms with E-state index in [4.69, 9.17) is 10.5 Å². The number of primary amides is 1. The molecule has 5 nitrogen and oxygen atoms in total. The third kappa shape index (κ3) is 1.49. The fourth-order valence-electron chi connectivity index (χ4n) is 1.05. The minimum absolute atomic E-state index is 0.254. The smallest absolute Gasteiger partial charge is 0.405 e. The summed E-state index contributed by atoms with van der Waals surface area (Å²) in [6.07, 6.45) is -1.82. The quantitative estimate of drug-likeness (QED) is 0.567. The van der Waals surface area contributed by atoms with Crippen LogP contribution in [0, 0.1) is 5.41 Å². The Morgan fingerprint density at radius 3 is 2.67 bits per heavy atom. The Kier molecular flexibility index (Phi) is 1.95. The number of amides is 1. The lowest BCUT2D eigenvalue weighted by Gasteiger charge is -2.20. The van der Waals surface area contributed by atoms with Crippen molar-refractivity contribution in [2.45, 2.75) is 20.0 Å². The van der Waals surface area contributed by atoms with E-state index in [0.717, 1.165) is 0 Å². The van der Waals surface area contributed by atoms with Crippen LogP contribution in [0.25, 0.3) is 0 Å². The molecule has 1 saturated heterocycles. The molecular formula is C7H11NO4. The fraction of sp³-hybridized carbons (Fsp3) is 0.714. The summed E-state index contributed by atoms with van der Waals surface area (Å²) >= 11 is 0. The van der Waals surface area contributed by atoms with Crippen LogP contribution in [0.5, 0.6) is 0 Å². The number of ether oxygens (including phenoxy) is 2. The van der Waals surface area contributed by atoms with Gasteiger partial charge in [-0.15, -0.1) is 0 Å². The van der Waals surface area contributed by atoms with Gasteiger partial charge in [0.1, 0.15) is 6.61 Å². The predicted octanol–water partition coefficient (Wildman–Crippen LogP) is 0.0333. The van der Waals surface area contributed by atoms with E-state index < -0.39 is 23.6 Å². The Labute approximate surface area is 69.8 Å². The van der Waals surface area contributed by atoms with E-state index in [1.165, 1.54) is 0 Å². The standard InChI is InChI=1S/C7H11NO4/c1-7(2)3-11-5(9)4(7)12-6(8)10/h4H,3H2,1-2H3,(H2,8,10)/t4-/m0/s1. The number of hydrogen-bond acceptors (Lipinski definition) is 4. The van der Waals surface area contributed by atoms with Crippen molar-refractivity contribution in [2.24, 2.45) is 11.1 Å². The van der Waals surface area contributed by atoms with Crippen molar-refractivity contribution in [2.75, 3.05) is 6.61 Å². The number of hydrogen-bond donors (Lipinski definition) is 1. The summed E-state index contributed by atoms with van der Waals surface area (Å²) in [7, 11) is 0. The van der Waals surface area contributed by atoms with Crippen molar-refractivity contribution >= 4 is 12.1 Å². The van der Waals surface area contributed by atoms with Gasteiger partial charge < -0.3 is 15.2 Å². The molecule has 0 saturated carbocycles. The first-order valence-electron chi connectivity index (χ1n) is 3.56. The van der Waals surface area contributed by atoms with Crippen molar-refractivity contribution in [1.82, 2.24) is 0 Å². The normalized spacial score (nSPS) is 26.5. The van der Waals surface area contributed by atoms with E-state index >= 15 is 0 Å². The zero-order valence-electron chi connectivity index (χ0n) is 6.99. The molecule has 1 rings (SSSR count). The highest BCUT2D eigenvalue weighted by Crippen LogP contribution is 2.30. The van der Waals surface area contributed by atoms with Gasteiger partial charge in [-0.05, 0) is 0 Å². The van der Waals surface area contributed by atoms with Gasteiger partial charge in [0.2, 0.25) is 6.10 Å². The lowest BCUT2D eigenvalue weighted by molar-refractivity contribution is -0.145. The molecule has 1 heterocycles. The molecule has 68 valence electrons. The number of carbonyl (C=O) groups excluding carboxylic acids is 2. The van der Waals surface area contributed by atoms with Crippen LogP contribution in [0.15, 0.2) is 0 Å². The molecule has 0 bridgehead atoms. The van der Waals surface area contributed by atoms with Crippen molar-refractivity contribution < 1.29 is 19.1 Å². The highest BCUT2D eigenvalue weighted by atomic mass is 16.6. The maximum Gasteiger partial charge on any atom is 0.405 e. The number of nitrogens with two attached hydrogens (primary N) is 1. The largest absolute Gasteiger partial charge is 0.462 e. The van der Waals surface area contributed by atoms with Gasteiger partial charge in [0.25, 0.3) is 0 Å². The van der Waals surface area contributed by atoms with Gasteiger partial charge in [-0.2, -0.15) is 0 Å². The summed E-state index contributed by atoms with van der Waals surface area (Å²) in [5.41, 5.74) is 4.31. The Bertz CT molecular complexity index is 223. The van der Waals surface area contributed by atoms with Crippen molar-refractivity contribution in [1.29, 1.82) is 0 Å². The van der Waals surface area contributed by atoms with E-state index in [-0.39, 0.29) is 6.61 Å². The molecule has 2 N–H and O–H groups in total. The summed E-state index contributed by atoms with van der Waals surface area (Å²) in [6, 6.07) is 0. The molecule has 0 aromatic heterocycles. The molecule has 1 aliphatic heterocycles. The van der Waals surface area contributed by atoms with Crippen molar-refractivity contribution in [3.63, 3.8) is 0 Å². The Morgan fingerprint density at radius 2 is 2.33 bits per heavy atom. The monoisotopic (exact) mass is 173 g/mol. The SMILES string of the molecule is CC1(C)COC(=O)[C@@H]1OC(N)=O. The Balaban J connectivity index is 2.71. The van der Waals surface area contributed by atoms with Crippen molar-refractivity contribution in [3.8, 4) is 0 Å². The lowest BCUT2D eigenvalue weighted by Crippen LogP contribution is -2.36. The summed E-state index contributed by atoms with van der Waals surface area (Å²) in [4.78, 5) is 21.4. The van der Waals surface area contributed by atoms with Gasteiger partial charge in [0, 0.05) is 5.41 Å². The maximum atomic E-state index is 11.0. The third-order valence-electron chi connectivity index (χ3n) is 1.74. The molecule has 0 radical (unpaired) electrons. The van der Waals surface area contributed by atoms with Crippen LogP contribution in [-0.4, -0.2) is 24.8 Å². The number of carbonyl (C=O) groups is 2. The summed E-state index contributed by atoms with van der Waals surface area (Å²) < 4.78 is 9.31. The molecule has 5 heteroatoms. The molecule has 0 aromatic carbocycles. The average Bonchev–Trinajstić information content (AvgIpc) is 2.15. The fourth-order valence-corrected chi connectivity index (χ4v) is 1.05. The second-order valence-corrected chi connectivity index (χ2v) is 3.41. The van der Waals surface area contributed by atoms with E-state index in [1.807, 2.05) is 0 Å². The second kappa shape index (κ2) is 2.66. The van der Waals surface area contributed by atoms with Gasteiger partial charge in [-0.3, -0.25) is 0 Å². The molecule has 0 spiro atoms. The highest BCUT2D eigenvalue weighted by molar-refractivity contribution is 5.80. The first-order valence-corrected chi connectivity index (χ1v) is 3.56. The molecule has 0 aliphatic carbocycles. The Morgan fingerprint density at radius 1 is 1.75 bits per heavy atom.